The minimum Gasteiger partial charge on any atom is -0.484 e. The van der Waals surface area contributed by atoms with E-state index in [9.17, 15) is 9.59 Å². The normalized spacial score (nSPS) is 16.3. The first-order chi connectivity index (χ1) is 14.6. The molecule has 1 aliphatic rings. The molecule has 1 aromatic heterocycles. The number of piperidine rings is 1. The molecule has 1 fully saturated rings. The van der Waals surface area contributed by atoms with Gasteiger partial charge in [-0.15, -0.1) is 0 Å². The fourth-order valence-electron chi connectivity index (χ4n) is 3.62. The molecule has 1 atom stereocenters. The third-order valence-corrected chi connectivity index (χ3v) is 5.15. The number of aromatic nitrogens is 3. The van der Waals surface area contributed by atoms with Crippen molar-refractivity contribution in [2.45, 2.75) is 25.3 Å². The van der Waals surface area contributed by atoms with Gasteiger partial charge in [-0.1, -0.05) is 30.3 Å². The average molecular weight is 405 g/mol. The SMILES string of the molecule is NC(=O)c1cccc(-c2n[nH]c([C@H]3CCCCN3C(=O)COc3ccccc3)n2)c1. The first kappa shape index (κ1) is 19.6. The maximum atomic E-state index is 12.8. The van der Waals surface area contributed by atoms with Crippen LogP contribution < -0.4 is 10.5 Å². The predicted octanol–water partition coefficient (Wildman–Crippen LogP) is 2.70. The summed E-state index contributed by atoms with van der Waals surface area (Å²) in [5.41, 5.74) is 6.45. The molecule has 2 heterocycles. The van der Waals surface area contributed by atoms with Crippen LogP contribution in [0.2, 0.25) is 0 Å². The number of aromatic amines is 1. The maximum Gasteiger partial charge on any atom is 0.261 e. The molecule has 1 aliphatic heterocycles. The molecule has 3 N–H and O–H groups in total. The predicted molar refractivity (Wildman–Crippen MR) is 111 cm³/mol. The molecule has 0 saturated carbocycles. The molecule has 8 nitrogen and oxygen atoms in total. The molecule has 0 bridgehead atoms. The third kappa shape index (κ3) is 4.32. The number of nitrogens with one attached hydrogen (secondary N) is 1. The zero-order valence-corrected chi connectivity index (χ0v) is 16.5. The Kier molecular flexibility index (Phi) is 5.74. The van der Waals surface area contributed by atoms with E-state index in [1.807, 2.05) is 36.4 Å². The summed E-state index contributed by atoms with van der Waals surface area (Å²) < 4.78 is 5.63. The Labute approximate surface area is 174 Å². The molecule has 0 unspecified atom stereocenters. The summed E-state index contributed by atoms with van der Waals surface area (Å²) in [5, 5.41) is 7.26. The standard InChI is InChI=1S/C22H23N5O3/c23-20(29)15-7-6-8-16(13-15)21-24-22(26-25-21)18-11-4-5-12-27(18)19(28)14-30-17-9-2-1-3-10-17/h1-3,6-10,13,18H,4-5,11-12,14H2,(H2,23,29)(H,24,25,26)/t18-/m1/s1. The lowest BCUT2D eigenvalue weighted by Crippen LogP contribution is -2.41. The number of nitrogens with zero attached hydrogens (tertiary/aromatic N) is 3. The number of benzene rings is 2. The fraction of sp³-hybridized carbons (Fsp3) is 0.273. The lowest BCUT2D eigenvalue weighted by atomic mass is 10.0. The van der Waals surface area contributed by atoms with Gasteiger partial charge in [0.05, 0.1) is 6.04 Å². The van der Waals surface area contributed by atoms with Crippen molar-refractivity contribution in [1.82, 2.24) is 20.1 Å². The monoisotopic (exact) mass is 405 g/mol. The Bertz CT molecular complexity index is 1030. The molecular weight excluding hydrogens is 382 g/mol. The van der Waals surface area contributed by atoms with Crippen molar-refractivity contribution >= 4 is 11.8 Å². The van der Waals surface area contributed by atoms with Crippen LogP contribution in [0.1, 0.15) is 41.5 Å². The molecule has 0 radical (unpaired) electrons. The highest BCUT2D eigenvalue weighted by molar-refractivity contribution is 5.93. The van der Waals surface area contributed by atoms with Crippen LogP contribution in [0.15, 0.2) is 54.6 Å². The molecule has 0 aliphatic carbocycles. The summed E-state index contributed by atoms with van der Waals surface area (Å²) in [7, 11) is 0. The Morgan fingerprint density at radius 2 is 1.97 bits per heavy atom. The van der Waals surface area contributed by atoms with E-state index in [-0.39, 0.29) is 18.6 Å². The molecule has 3 aromatic rings. The van der Waals surface area contributed by atoms with E-state index in [0.717, 1.165) is 19.3 Å². The average Bonchev–Trinajstić information content (AvgIpc) is 3.28. The number of amides is 2. The van der Waals surface area contributed by atoms with Crippen molar-refractivity contribution in [2.24, 2.45) is 5.73 Å². The van der Waals surface area contributed by atoms with E-state index in [4.69, 9.17) is 10.5 Å². The molecule has 8 heteroatoms. The Morgan fingerprint density at radius 1 is 1.13 bits per heavy atom. The smallest absolute Gasteiger partial charge is 0.261 e. The van der Waals surface area contributed by atoms with Crippen molar-refractivity contribution < 1.29 is 14.3 Å². The molecule has 2 amide bonds. The van der Waals surface area contributed by atoms with E-state index < -0.39 is 5.91 Å². The fourth-order valence-corrected chi connectivity index (χ4v) is 3.62. The third-order valence-electron chi connectivity index (χ3n) is 5.15. The van der Waals surface area contributed by atoms with E-state index in [1.165, 1.54) is 0 Å². The van der Waals surface area contributed by atoms with Crippen LogP contribution in [0.4, 0.5) is 0 Å². The van der Waals surface area contributed by atoms with Gasteiger partial charge >= 0.3 is 0 Å². The van der Waals surface area contributed by atoms with Crippen molar-refractivity contribution in [1.29, 1.82) is 0 Å². The van der Waals surface area contributed by atoms with Crippen LogP contribution in [0.5, 0.6) is 5.75 Å². The number of rotatable bonds is 6. The second-order valence-corrected chi connectivity index (χ2v) is 7.19. The van der Waals surface area contributed by atoms with Gasteiger partial charge in [0.2, 0.25) is 5.91 Å². The number of nitrogens with two attached hydrogens (primary N) is 1. The number of hydrogen-bond donors (Lipinski definition) is 2. The van der Waals surface area contributed by atoms with Crippen molar-refractivity contribution in [3.05, 3.63) is 66.0 Å². The van der Waals surface area contributed by atoms with Gasteiger partial charge in [0.1, 0.15) is 11.6 Å². The van der Waals surface area contributed by atoms with E-state index in [1.54, 1.807) is 23.1 Å². The van der Waals surface area contributed by atoms with E-state index >= 15 is 0 Å². The lowest BCUT2D eigenvalue weighted by Gasteiger charge is -2.34. The van der Waals surface area contributed by atoms with Gasteiger partial charge in [-0.25, -0.2) is 4.98 Å². The number of likely N-dealkylation sites (tertiary alicyclic amines) is 1. The van der Waals surface area contributed by atoms with Crippen LogP contribution in [0.25, 0.3) is 11.4 Å². The molecule has 154 valence electrons. The lowest BCUT2D eigenvalue weighted by molar-refractivity contribution is -0.137. The molecule has 1 saturated heterocycles. The molecule has 0 spiro atoms. The summed E-state index contributed by atoms with van der Waals surface area (Å²) in [6.07, 6.45) is 2.74. The van der Waals surface area contributed by atoms with Gasteiger partial charge in [-0.3, -0.25) is 14.7 Å². The Hall–Kier alpha value is -3.68. The Balaban J connectivity index is 1.50. The summed E-state index contributed by atoms with van der Waals surface area (Å²) in [4.78, 5) is 30.7. The highest BCUT2D eigenvalue weighted by Gasteiger charge is 2.30. The van der Waals surface area contributed by atoms with Gasteiger partial charge < -0.3 is 15.4 Å². The number of para-hydroxylation sites is 1. The second-order valence-electron chi connectivity index (χ2n) is 7.19. The van der Waals surface area contributed by atoms with Crippen LogP contribution in [-0.2, 0) is 4.79 Å². The molecular formula is C22H23N5O3. The van der Waals surface area contributed by atoms with Crippen LogP contribution in [-0.4, -0.2) is 45.0 Å². The van der Waals surface area contributed by atoms with Crippen molar-refractivity contribution in [2.75, 3.05) is 13.2 Å². The minimum absolute atomic E-state index is 0.0256. The first-order valence-corrected chi connectivity index (χ1v) is 9.91. The first-order valence-electron chi connectivity index (χ1n) is 9.91. The van der Waals surface area contributed by atoms with Crippen LogP contribution >= 0.6 is 0 Å². The van der Waals surface area contributed by atoms with Gasteiger partial charge in [-0.2, -0.15) is 5.10 Å². The summed E-state index contributed by atoms with van der Waals surface area (Å²) in [5.74, 6) is 1.16. The zero-order valence-electron chi connectivity index (χ0n) is 16.5. The second kappa shape index (κ2) is 8.77. The van der Waals surface area contributed by atoms with Crippen LogP contribution in [0.3, 0.4) is 0 Å². The molecule has 2 aromatic carbocycles. The van der Waals surface area contributed by atoms with Gasteiger partial charge in [0.15, 0.2) is 12.4 Å². The zero-order chi connectivity index (χ0) is 20.9. The summed E-state index contributed by atoms with van der Waals surface area (Å²) in [6.45, 7) is 0.622. The number of ether oxygens (including phenoxy) is 1. The number of hydrogen-bond acceptors (Lipinski definition) is 5. The number of carbonyl (C=O) groups excluding carboxylic acids is 2. The quantitative estimate of drug-likeness (QED) is 0.654. The summed E-state index contributed by atoms with van der Waals surface area (Å²) >= 11 is 0. The van der Waals surface area contributed by atoms with Gasteiger partial charge in [-0.05, 0) is 43.5 Å². The number of carbonyl (C=O) groups is 2. The van der Waals surface area contributed by atoms with Gasteiger partial charge in [0, 0.05) is 17.7 Å². The highest BCUT2D eigenvalue weighted by Crippen LogP contribution is 2.30. The van der Waals surface area contributed by atoms with Crippen molar-refractivity contribution in [3.63, 3.8) is 0 Å². The number of primary amides is 1. The minimum atomic E-state index is -0.505. The topological polar surface area (TPSA) is 114 Å². The van der Waals surface area contributed by atoms with Crippen LogP contribution in [0, 0.1) is 0 Å². The largest absolute Gasteiger partial charge is 0.484 e. The number of H-pyrrole nitrogens is 1. The summed E-state index contributed by atoms with van der Waals surface area (Å²) in [6, 6.07) is 16.0. The van der Waals surface area contributed by atoms with Crippen molar-refractivity contribution in [3.8, 4) is 17.1 Å². The molecule has 30 heavy (non-hydrogen) atoms. The Morgan fingerprint density at radius 3 is 2.77 bits per heavy atom. The van der Waals surface area contributed by atoms with E-state index in [0.29, 0.717) is 35.1 Å². The maximum absolute atomic E-state index is 12.8. The highest BCUT2D eigenvalue weighted by atomic mass is 16.5. The van der Waals surface area contributed by atoms with E-state index in [2.05, 4.69) is 15.2 Å². The van der Waals surface area contributed by atoms with Gasteiger partial charge in [0.25, 0.3) is 5.91 Å². The molecule has 4 rings (SSSR count).